The Morgan fingerprint density at radius 3 is 2.24 bits per heavy atom. The highest BCUT2D eigenvalue weighted by Gasteiger charge is 2.24. The van der Waals surface area contributed by atoms with Gasteiger partial charge in [0.1, 0.15) is 0 Å². The maximum atomic E-state index is 12.4. The molecule has 0 unspecified atom stereocenters. The molecule has 0 radical (unpaired) electrons. The Hall–Kier alpha value is -0.630. The fourth-order valence-electron chi connectivity index (χ4n) is 1.70. The molecule has 0 bridgehead atoms. The van der Waals surface area contributed by atoms with E-state index in [1.165, 1.54) is 0 Å². The summed E-state index contributed by atoms with van der Waals surface area (Å²) in [5, 5.41) is 0. The van der Waals surface area contributed by atoms with Gasteiger partial charge in [0.05, 0.1) is 19.4 Å². The summed E-state index contributed by atoms with van der Waals surface area (Å²) in [6, 6.07) is 6.12. The standard InChI is InChI=1S/C13H21O3P/c1-5-15-17(14,16-6-2)10-13-9-11(3)7-8-12(13)4/h7-9H,5-6,10H2,1-4H3. The van der Waals surface area contributed by atoms with E-state index in [0.29, 0.717) is 19.4 Å². The van der Waals surface area contributed by atoms with E-state index in [1.807, 2.05) is 45.9 Å². The average molecular weight is 256 g/mol. The van der Waals surface area contributed by atoms with Crippen molar-refractivity contribution in [2.45, 2.75) is 33.9 Å². The fraction of sp³-hybridized carbons (Fsp3) is 0.538. The normalized spacial score (nSPS) is 11.8. The lowest BCUT2D eigenvalue weighted by Gasteiger charge is -2.18. The Kier molecular flexibility index (Phi) is 5.38. The van der Waals surface area contributed by atoms with Crippen molar-refractivity contribution in [3.05, 3.63) is 34.9 Å². The topological polar surface area (TPSA) is 35.5 Å². The summed E-state index contributed by atoms with van der Waals surface area (Å²) in [7, 11) is -2.99. The van der Waals surface area contributed by atoms with Crippen molar-refractivity contribution < 1.29 is 13.6 Å². The molecular formula is C13H21O3P. The van der Waals surface area contributed by atoms with Crippen LogP contribution in [-0.2, 0) is 19.8 Å². The molecule has 0 aromatic heterocycles. The van der Waals surface area contributed by atoms with Gasteiger partial charge in [-0.15, -0.1) is 0 Å². The van der Waals surface area contributed by atoms with E-state index in [1.54, 1.807) is 0 Å². The zero-order valence-electron chi connectivity index (χ0n) is 11.0. The van der Waals surface area contributed by atoms with Crippen LogP contribution in [0.1, 0.15) is 30.5 Å². The molecule has 0 fully saturated rings. The SMILES string of the molecule is CCOP(=O)(Cc1cc(C)ccc1C)OCC. The van der Waals surface area contributed by atoms with Gasteiger partial charge in [-0.25, -0.2) is 0 Å². The van der Waals surface area contributed by atoms with Crippen molar-refractivity contribution in [2.24, 2.45) is 0 Å². The molecule has 1 aromatic carbocycles. The smallest absolute Gasteiger partial charge is 0.309 e. The van der Waals surface area contributed by atoms with Gasteiger partial charge in [0, 0.05) is 0 Å². The van der Waals surface area contributed by atoms with Gasteiger partial charge in [0.25, 0.3) is 0 Å². The van der Waals surface area contributed by atoms with Crippen molar-refractivity contribution in [2.75, 3.05) is 13.2 Å². The van der Waals surface area contributed by atoms with Gasteiger partial charge >= 0.3 is 7.60 Å². The van der Waals surface area contributed by atoms with Crippen molar-refractivity contribution >= 4 is 7.60 Å². The quantitative estimate of drug-likeness (QED) is 0.720. The van der Waals surface area contributed by atoms with E-state index >= 15 is 0 Å². The first-order valence-electron chi connectivity index (χ1n) is 5.95. The predicted molar refractivity (Wildman–Crippen MR) is 70.5 cm³/mol. The van der Waals surface area contributed by atoms with E-state index in [4.69, 9.17) is 9.05 Å². The number of aryl methyl sites for hydroxylation is 2. The molecule has 0 atom stereocenters. The molecule has 0 aliphatic carbocycles. The van der Waals surface area contributed by atoms with Gasteiger partial charge < -0.3 is 9.05 Å². The van der Waals surface area contributed by atoms with Gasteiger partial charge in [0.2, 0.25) is 0 Å². The minimum Gasteiger partial charge on any atom is -0.309 e. The lowest BCUT2D eigenvalue weighted by molar-refractivity contribution is 0.219. The third kappa shape index (κ3) is 4.27. The Morgan fingerprint density at radius 2 is 1.71 bits per heavy atom. The molecular weight excluding hydrogens is 235 g/mol. The van der Waals surface area contributed by atoms with E-state index < -0.39 is 7.60 Å². The molecule has 0 heterocycles. The molecule has 0 spiro atoms. The second-order valence-electron chi connectivity index (χ2n) is 4.03. The highest BCUT2D eigenvalue weighted by molar-refractivity contribution is 7.53. The maximum Gasteiger partial charge on any atom is 0.335 e. The molecule has 96 valence electrons. The second kappa shape index (κ2) is 6.34. The molecule has 0 saturated carbocycles. The summed E-state index contributed by atoms with van der Waals surface area (Å²) < 4.78 is 23.0. The molecule has 0 aliphatic rings. The summed E-state index contributed by atoms with van der Waals surface area (Å²) in [5.41, 5.74) is 3.32. The molecule has 17 heavy (non-hydrogen) atoms. The summed E-state index contributed by atoms with van der Waals surface area (Å²) >= 11 is 0. The van der Waals surface area contributed by atoms with Gasteiger partial charge in [-0.2, -0.15) is 0 Å². The van der Waals surface area contributed by atoms with Crippen LogP contribution in [0.25, 0.3) is 0 Å². The molecule has 1 aromatic rings. The van der Waals surface area contributed by atoms with Crippen LogP contribution in [0.2, 0.25) is 0 Å². The van der Waals surface area contributed by atoms with Crippen LogP contribution >= 0.6 is 7.60 Å². The Bertz CT molecular complexity index is 405. The van der Waals surface area contributed by atoms with Crippen molar-refractivity contribution in [3.63, 3.8) is 0 Å². The lowest BCUT2D eigenvalue weighted by atomic mass is 10.1. The van der Waals surface area contributed by atoms with E-state index in [9.17, 15) is 4.57 Å². The monoisotopic (exact) mass is 256 g/mol. The van der Waals surface area contributed by atoms with E-state index in [2.05, 4.69) is 0 Å². The van der Waals surface area contributed by atoms with E-state index in [-0.39, 0.29) is 0 Å². The predicted octanol–water partition coefficient (Wildman–Crippen LogP) is 4.07. The molecule has 0 N–H and O–H groups in total. The zero-order chi connectivity index (χ0) is 12.9. The van der Waals surface area contributed by atoms with Gasteiger partial charge in [-0.05, 0) is 38.8 Å². The number of hydrogen-bond donors (Lipinski definition) is 0. The van der Waals surface area contributed by atoms with Crippen LogP contribution in [0.4, 0.5) is 0 Å². The Labute approximate surface area is 104 Å². The zero-order valence-corrected chi connectivity index (χ0v) is 11.9. The van der Waals surface area contributed by atoms with Gasteiger partial charge in [0.15, 0.2) is 0 Å². The number of benzene rings is 1. The molecule has 0 aliphatic heterocycles. The van der Waals surface area contributed by atoms with Crippen molar-refractivity contribution in [1.82, 2.24) is 0 Å². The van der Waals surface area contributed by atoms with Crippen LogP contribution < -0.4 is 0 Å². The Balaban J connectivity index is 2.93. The largest absolute Gasteiger partial charge is 0.335 e. The van der Waals surface area contributed by atoms with Crippen LogP contribution in [-0.4, -0.2) is 13.2 Å². The Morgan fingerprint density at radius 1 is 1.12 bits per heavy atom. The summed E-state index contributed by atoms with van der Waals surface area (Å²) in [6.07, 6.45) is 0.349. The maximum absolute atomic E-state index is 12.4. The highest BCUT2D eigenvalue weighted by atomic mass is 31.2. The third-order valence-electron chi connectivity index (χ3n) is 2.52. The molecule has 3 nitrogen and oxygen atoms in total. The summed E-state index contributed by atoms with van der Waals surface area (Å²) in [6.45, 7) is 8.50. The van der Waals surface area contributed by atoms with Crippen LogP contribution in [0, 0.1) is 13.8 Å². The van der Waals surface area contributed by atoms with Crippen LogP contribution in [0.5, 0.6) is 0 Å². The van der Waals surface area contributed by atoms with Gasteiger partial charge in [-0.1, -0.05) is 23.8 Å². The molecule has 0 amide bonds. The molecule has 4 heteroatoms. The third-order valence-corrected chi connectivity index (χ3v) is 4.55. The lowest BCUT2D eigenvalue weighted by Crippen LogP contribution is -2.00. The minimum absolute atomic E-state index is 0.349. The second-order valence-corrected chi connectivity index (χ2v) is 6.09. The molecule has 0 saturated heterocycles. The molecule has 1 rings (SSSR count). The first-order chi connectivity index (χ1) is 8.00. The average Bonchev–Trinajstić information content (AvgIpc) is 2.24. The first-order valence-corrected chi connectivity index (χ1v) is 7.68. The van der Waals surface area contributed by atoms with Crippen LogP contribution in [0.15, 0.2) is 18.2 Å². The van der Waals surface area contributed by atoms with Crippen molar-refractivity contribution in [3.8, 4) is 0 Å². The number of rotatable bonds is 6. The number of hydrogen-bond acceptors (Lipinski definition) is 3. The summed E-state index contributed by atoms with van der Waals surface area (Å²) in [5.74, 6) is 0. The summed E-state index contributed by atoms with van der Waals surface area (Å²) in [4.78, 5) is 0. The minimum atomic E-state index is -2.99. The van der Waals surface area contributed by atoms with E-state index in [0.717, 1.165) is 16.7 Å². The van der Waals surface area contributed by atoms with Crippen molar-refractivity contribution in [1.29, 1.82) is 0 Å². The highest BCUT2D eigenvalue weighted by Crippen LogP contribution is 2.51. The van der Waals surface area contributed by atoms with Gasteiger partial charge in [-0.3, -0.25) is 4.57 Å². The first kappa shape index (κ1) is 14.4. The van der Waals surface area contributed by atoms with Crippen LogP contribution in [0.3, 0.4) is 0 Å². The fourth-order valence-corrected chi connectivity index (χ4v) is 3.50.